The average molecular weight is 299 g/mol. The maximum Gasteiger partial charge on any atom is 0.413 e. The fourth-order valence-corrected chi connectivity index (χ4v) is 1.82. The van der Waals surface area contributed by atoms with Crippen molar-refractivity contribution in [3.05, 3.63) is 42.4 Å². The van der Waals surface area contributed by atoms with Crippen LogP contribution < -0.4 is 5.32 Å². The van der Waals surface area contributed by atoms with Gasteiger partial charge in [-0.05, 0) is 44.5 Å². The number of hydrogen-bond donors (Lipinski definition) is 1. The lowest BCUT2D eigenvalue weighted by Gasteiger charge is -2.19. The number of aromatic nitrogens is 2. The van der Waals surface area contributed by atoms with E-state index in [1.165, 1.54) is 12.3 Å². The third kappa shape index (κ3) is 4.12. The van der Waals surface area contributed by atoms with Gasteiger partial charge in [-0.2, -0.15) is 0 Å². The molecule has 2 rings (SSSR count). The number of rotatable bonds is 3. The Morgan fingerprint density at radius 3 is 2.55 bits per heavy atom. The number of aldehydes is 1. The molecule has 6 nitrogen and oxygen atoms in total. The van der Waals surface area contributed by atoms with Crippen LogP contribution in [0.4, 0.5) is 10.6 Å². The Bertz CT molecular complexity index is 679. The molecule has 2 aromatic rings. The predicted molar refractivity (Wildman–Crippen MR) is 82.7 cm³/mol. The summed E-state index contributed by atoms with van der Waals surface area (Å²) in [5.74, 6) is 0.258. The maximum atomic E-state index is 11.7. The van der Waals surface area contributed by atoms with Crippen LogP contribution in [0.2, 0.25) is 0 Å². The van der Waals surface area contributed by atoms with Crippen molar-refractivity contribution in [2.45, 2.75) is 26.4 Å². The van der Waals surface area contributed by atoms with Crippen molar-refractivity contribution >= 4 is 18.2 Å². The largest absolute Gasteiger partial charge is 0.444 e. The lowest BCUT2D eigenvalue weighted by atomic mass is 10.0. The van der Waals surface area contributed by atoms with E-state index < -0.39 is 11.7 Å². The topological polar surface area (TPSA) is 81.2 Å². The van der Waals surface area contributed by atoms with Crippen LogP contribution in [0, 0.1) is 0 Å². The molecule has 0 aliphatic carbocycles. The van der Waals surface area contributed by atoms with E-state index in [1.807, 2.05) is 0 Å². The van der Waals surface area contributed by atoms with Crippen molar-refractivity contribution < 1.29 is 14.3 Å². The van der Waals surface area contributed by atoms with E-state index in [2.05, 4.69) is 15.3 Å². The summed E-state index contributed by atoms with van der Waals surface area (Å²) in [6, 6.07) is 5.07. The lowest BCUT2D eigenvalue weighted by Crippen LogP contribution is -2.27. The average Bonchev–Trinajstić information content (AvgIpc) is 2.46. The van der Waals surface area contributed by atoms with E-state index in [9.17, 15) is 9.59 Å². The third-order valence-corrected chi connectivity index (χ3v) is 2.68. The number of hydrogen-bond acceptors (Lipinski definition) is 5. The van der Waals surface area contributed by atoms with Crippen molar-refractivity contribution in [2.24, 2.45) is 0 Å². The van der Waals surface area contributed by atoms with Crippen LogP contribution in [-0.2, 0) is 4.74 Å². The molecule has 0 saturated carbocycles. The zero-order chi connectivity index (χ0) is 16.2. The molecule has 0 spiro atoms. The highest BCUT2D eigenvalue weighted by Crippen LogP contribution is 2.23. The molecule has 1 amide bonds. The molecule has 1 N–H and O–H groups in total. The molecule has 22 heavy (non-hydrogen) atoms. The number of nitrogens with one attached hydrogen (secondary N) is 1. The van der Waals surface area contributed by atoms with Crippen LogP contribution in [0.1, 0.15) is 31.1 Å². The Kier molecular flexibility index (Phi) is 4.50. The molecular formula is C16H17N3O3. The first kappa shape index (κ1) is 15.6. The molecule has 0 radical (unpaired) electrons. The highest BCUT2D eigenvalue weighted by molar-refractivity contribution is 5.90. The van der Waals surface area contributed by atoms with Gasteiger partial charge in [0, 0.05) is 29.7 Å². The SMILES string of the molecule is CC(C)(C)OC(=O)Nc1cc(C=O)c(-c2ccncc2)cn1. The lowest BCUT2D eigenvalue weighted by molar-refractivity contribution is 0.0635. The summed E-state index contributed by atoms with van der Waals surface area (Å²) in [6.45, 7) is 5.30. The first-order valence-electron chi connectivity index (χ1n) is 6.74. The molecular weight excluding hydrogens is 282 g/mol. The van der Waals surface area contributed by atoms with Crippen LogP contribution in [0.3, 0.4) is 0 Å². The van der Waals surface area contributed by atoms with Crippen molar-refractivity contribution in [2.75, 3.05) is 5.32 Å². The third-order valence-electron chi connectivity index (χ3n) is 2.68. The zero-order valence-corrected chi connectivity index (χ0v) is 12.7. The molecule has 0 saturated heterocycles. The standard InChI is InChI=1S/C16H17N3O3/c1-16(2,3)22-15(21)19-14-8-12(10-20)13(9-18-14)11-4-6-17-7-5-11/h4-10H,1-3H3,(H,18,19,21). The van der Waals surface area contributed by atoms with Gasteiger partial charge in [-0.3, -0.25) is 15.1 Å². The van der Waals surface area contributed by atoms with Crippen LogP contribution in [0.5, 0.6) is 0 Å². The summed E-state index contributed by atoms with van der Waals surface area (Å²) in [6.07, 6.45) is 4.91. The number of ether oxygens (including phenoxy) is 1. The minimum Gasteiger partial charge on any atom is -0.444 e. The summed E-state index contributed by atoms with van der Waals surface area (Å²) in [4.78, 5) is 31.1. The van der Waals surface area contributed by atoms with E-state index in [0.717, 1.165) is 11.8 Å². The number of carbonyl (C=O) groups excluding carboxylic acids is 2. The number of pyridine rings is 2. The summed E-state index contributed by atoms with van der Waals surface area (Å²) in [7, 11) is 0. The summed E-state index contributed by atoms with van der Waals surface area (Å²) in [5.41, 5.74) is 1.32. The summed E-state index contributed by atoms with van der Waals surface area (Å²) < 4.78 is 5.14. The predicted octanol–water partition coefficient (Wildman–Crippen LogP) is 3.30. The van der Waals surface area contributed by atoms with Gasteiger partial charge in [-0.15, -0.1) is 0 Å². The van der Waals surface area contributed by atoms with Gasteiger partial charge in [0.05, 0.1) is 0 Å². The van der Waals surface area contributed by atoms with Gasteiger partial charge in [0.1, 0.15) is 11.4 Å². The maximum absolute atomic E-state index is 11.7. The Labute approximate surface area is 128 Å². The molecule has 0 aliphatic heterocycles. The molecule has 0 atom stereocenters. The Balaban J connectivity index is 2.23. The highest BCUT2D eigenvalue weighted by atomic mass is 16.6. The smallest absolute Gasteiger partial charge is 0.413 e. The van der Waals surface area contributed by atoms with E-state index in [1.54, 1.807) is 45.3 Å². The Morgan fingerprint density at radius 2 is 1.95 bits per heavy atom. The van der Waals surface area contributed by atoms with E-state index in [4.69, 9.17) is 4.74 Å². The second-order valence-electron chi connectivity index (χ2n) is 5.64. The minimum absolute atomic E-state index is 0.258. The molecule has 0 fully saturated rings. The van der Waals surface area contributed by atoms with Gasteiger partial charge in [-0.25, -0.2) is 9.78 Å². The molecule has 6 heteroatoms. The van der Waals surface area contributed by atoms with E-state index in [-0.39, 0.29) is 5.82 Å². The van der Waals surface area contributed by atoms with Crippen LogP contribution in [-0.4, -0.2) is 27.9 Å². The monoisotopic (exact) mass is 299 g/mol. The zero-order valence-electron chi connectivity index (χ0n) is 12.7. The summed E-state index contributed by atoms with van der Waals surface area (Å²) >= 11 is 0. The van der Waals surface area contributed by atoms with Gasteiger partial charge in [0.2, 0.25) is 0 Å². The first-order chi connectivity index (χ1) is 10.4. The van der Waals surface area contributed by atoms with Crippen molar-refractivity contribution in [1.29, 1.82) is 0 Å². The Hall–Kier alpha value is -2.76. The normalized spacial score (nSPS) is 10.9. The van der Waals surface area contributed by atoms with Gasteiger partial charge in [-0.1, -0.05) is 0 Å². The first-order valence-corrected chi connectivity index (χ1v) is 6.74. The molecule has 2 heterocycles. The quantitative estimate of drug-likeness (QED) is 0.879. The minimum atomic E-state index is -0.617. The van der Waals surface area contributed by atoms with Crippen molar-refractivity contribution in [1.82, 2.24) is 9.97 Å². The fraction of sp³-hybridized carbons (Fsp3) is 0.250. The molecule has 0 unspecified atom stereocenters. The van der Waals surface area contributed by atoms with Crippen molar-refractivity contribution in [3.8, 4) is 11.1 Å². The molecule has 0 aromatic carbocycles. The van der Waals surface area contributed by atoms with Crippen LogP contribution in [0.15, 0.2) is 36.8 Å². The summed E-state index contributed by atoms with van der Waals surface area (Å²) in [5, 5.41) is 2.51. The van der Waals surface area contributed by atoms with Gasteiger partial charge >= 0.3 is 6.09 Å². The number of nitrogens with zero attached hydrogens (tertiary/aromatic N) is 2. The van der Waals surface area contributed by atoms with Gasteiger partial charge < -0.3 is 4.74 Å². The second kappa shape index (κ2) is 6.34. The second-order valence-corrected chi connectivity index (χ2v) is 5.64. The molecule has 2 aromatic heterocycles. The molecule has 114 valence electrons. The van der Waals surface area contributed by atoms with E-state index >= 15 is 0 Å². The highest BCUT2D eigenvalue weighted by Gasteiger charge is 2.17. The number of anilines is 1. The van der Waals surface area contributed by atoms with Gasteiger partial charge in [0.15, 0.2) is 6.29 Å². The fourth-order valence-electron chi connectivity index (χ4n) is 1.82. The Morgan fingerprint density at radius 1 is 1.27 bits per heavy atom. The van der Waals surface area contributed by atoms with Gasteiger partial charge in [0.25, 0.3) is 0 Å². The molecule has 0 bridgehead atoms. The molecule has 0 aliphatic rings. The van der Waals surface area contributed by atoms with Crippen molar-refractivity contribution in [3.63, 3.8) is 0 Å². The number of amides is 1. The van der Waals surface area contributed by atoms with Crippen LogP contribution >= 0.6 is 0 Å². The van der Waals surface area contributed by atoms with Crippen LogP contribution in [0.25, 0.3) is 11.1 Å². The van der Waals surface area contributed by atoms with E-state index in [0.29, 0.717) is 11.1 Å². The number of carbonyl (C=O) groups is 2.